The first-order valence-corrected chi connectivity index (χ1v) is 11.6. The number of nitrogens with zero attached hydrogens (tertiary/aromatic N) is 1. The molecule has 0 aromatic rings. The van der Waals surface area contributed by atoms with E-state index >= 15 is 0 Å². The lowest BCUT2D eigenvalue weighted by molar-refractivity contribution is 0.000669. The minimum atomic E-state index is 0.0858. The monoisotopic (exact) mass is 407 g/mol. The van der Waals surface area contributed by atoms with Gasteiger partial charge in [-0.3, -0.25) is 5.41 Å². The molecule has 3 nitrogen and oxygen atoms in total. The van der Waals surface area contributed by atoms with Gasteiger partial charge in [0.25, 0.3) is 0 Å². The fraction of sp³-hybridized carbons (Fsp3) is 0.909. The number of hydrogen-bond acceptors (Lipinski definition) is 2. The molecule has 27 heavy (non-hydrogen) atoms. The smallest absolute Gasteiger partial charge is 0.0942 e. The SMILES string of the molecule is N#CC1C2CC3CC1CC(Cl)(C3)C2.N=C(N)C1C2CC3CC1CC(Cl)(C3)C2. The zero-order valence-electron chi connectivity index (χ0n) is 16.0. The number of nitrogens with two attached hydrogens (primary N) is 1. The highest BCUT2D eigenvalue weighted by Crippen LogP contribution is 2.61. The predicted octanol–water partition coefficient (Wildman–Crippen LogP) is 5.30. The number of rotatable bonds is 1. The fourth-order valence-electron chi connectivity index (χ4n) is 8.57. The third-order valence-electron chi connectivity index (χ3n) is 8.91. The molecule has 8 rings (SSSR count). The number of halogens is 2. The van der Waals surface area contributed by atoms with E-state index in [-0.39, 0.29) is 9.75 Å². The maximum atomic E-state index is 9.09. The first-order chi connectivity index (χ1) is 12.8. The summed E-state index contributed by atoms with van der Waals surface area (Å²) in [6, 6.07) is 2.51. The van der Waals surface area contributed by atoms with Crippen LogP contribution in [-0.4, -0.2) is 15.6 Å². The van der Waals surface area contributed by atoms with Gasteiger partial charge < -0.3 is 5.73 Å². The van der Waals surface area contributed by atoms with Gasteiger partial charge in [0.05, 0.1) is 17.8 Å². The molecular formula is C22H31Cl2N3. The van der Waals surface area contributed by atoms with Crippen molar-refractivity contribution in [2.45, 2.75) is 74.0 Å². The lowest BCUT2D eigenvalue weighted by atomic mass is 9.51. The zero-order chi connectivity index (χ0) is 19.0. The molecule has 8 bridgehead atoms. The third-order valence-corrected chi connectivity index (χ3v) is 9.83. The van der Waals surface area contributed by atoms with Crippen LogP contribution in [-0.2, 0) is 0 Å². The summed E-state index contributed by atoms with van der Waals surface area (Å²) in [7, 11) is 0. The van der Waals surface area contributed by atoms with Crippen molar-refractivity contribution in [1.82, 2.24) is 0 Å². The molecule has 0 aromatic heterocycles. The molecule has 8 fully saturated rings. The van der Waals surface area contributed by atoms with E-state index in [1.54, 1.807) is 0 Å². The molecule has 0 spiro atoms. The maximum absolute atomic E-state index is 9.09. The molecule has 0 aromatic carbocycles. The summed E-state index contributed by atoms with van der Waals surface area (Å²) >= 11 is 13.1. The van der Waals surface area contributed by atoms with Crippen molar-refractivity contribution in [3.05, 3.63) is 0 Å². The Labute approximate surface area is 172 Å². The van der Waals surface area contributed by atoms with E-state index in [1.807, 2.05) is 0 Å². The Morgan fingerprint density at radius 3 is 1.59 bits per heavy atom. The van der Waals surface area contributed by atoms with Crippen LogP contribution in [0.25, 0.3) is 0 Å². The number of hydrogen-bond donors (Lipinski definition) is 2. The highest BCUT2D eigenvalue weighted by molar-refractivity contribution is 6.24. The molecule has 3 N–H and O–H groups in total. The molecule has 5 heteroatoms. The normalized spacial score (nSPS) is 56.3. The Hall–Kier alpha value is -0.460. The van der Waals surface area contributed by atoms with Gasteiger partial charge in [-0.15, -0.1) is 23.2 Å². The summed E-state index contributed by atoms with van der Waals surface area (Å²) in [5, 5.41) is 16.8. The van der Waals surface area contributed by atoms with Crippen LogP contribution in [0.15, 0.2) is 0 Å². The highest BCUT2D eigenvalue weighted by Gasteiger charge is 2.56. The van der Waals surface area contributed by atoms with Crippen LogP contribution < -0.4 is 5.73 Å². The van der Waals surface area contributed by atoms with Crippen LogP contribution in [0.1, 0.15) is 64.2 Å². The van der Waals surface area contributed by atoms with Crippen LogP contribution in [0, 0.1) is 64.1 Å². The Morgan fingerprint density at radius 1 is 0.815 bits per heavy atom. The van der Waals surface area contributed by atoms with E-state index in [2.05, 4.69) is 6.07 Å². The van der Waals surface area contributed by atoms with Crippen LogP contribution >= 0.6 is 23.2 Å². The Morgan fingerprint density at radius 2 is 1.22 bits per heavy atom. The molecule has 8 aliphatic rings. The van der Waals surface area contributed by atoms with Gasteiger partial charge in [0.2, 0.25) is 0 Å². The maximum Gasteiger partial charge on any atom is 0.0942 e. The minimum absolute atomic E-state index is 0.0858. The molecule has 0 aliphatic heterocycles. The third kappa shape index (κ3) is 3.10. The first kappa shape index (κ1) is 18.6. The van der Waals surface area contributed by atoms with Crippen molar-refractivity contribution < 1.29 is 0 Å². The predicted molar refractivity (Wildman–Crippen MR) is 109 cm³/mol. The van der Waals surface area contributed by atoms with Gasteiger partial charge in [0, 0.05) is 15.7 Å². The fourth-order valence-corrected chi connectivity index (χ4v) is 9.80. The second kappa shape index (κ2) is 6.27. The van der Waals surface area contributed by atoms with Gasteiger partial charge in [-0.05, 0) is 99.7 Å². The second-order valence-corrected chi connectivity index (χ2v) is 12.5. The summed E-state index contributed by atoms with van der Waals surface area (Å²) in [5.41, 5.74) is 5.70. The average molecular weight is 408 g/mol. The summed E-state index contributed by atoms with van der Waals surface area (Å²) in [6.07, 6.45) is 12.0. The van der Waals surface area contributed by atoms with Crippen molar-refractivity contribution in [2.75, 3.05) is 0 Å². The van der Waals surface area contributed by atoms with Crippen LogP contribution in [0.5, 0.6) is 0 Å². The Balaban J connectivity index is 0.000000119. The van der Waals surface area contributed by atoms with Gasteiger partial charge in [-0.25, -0.2) is 0 Å². The van der Waals surface area contributed by atoms with Crippen molar-refractivity contribution >= 4 is 29.0 Å². The molecule has 4 atom stereocenters. The Kier molecular flexibility index (Phi) is 4.31. The van der Waals surface area contributed by atoms with E-state index in [0.717, 1.165) is 37.5 Å². The molecule has 0 heterocycles. The summed E-state index contributed by atoms with van der Waals surface area (Å²) < 4.78 is 0. The van der Waals surface area contributed by atoms with Crippen molar-refractivity contribution in [2.24, 2.45) is 53.1 Å². The molecule has 148 valence electrons. The van der Waals surface area contributed by atoms with Crippen LogP contribution in [0.3, 0.4) is 0 Å². The molecule has 4 unspecified atom stereocenters. The van der Waals surface area contributed by atoms with Gasteiger partial charge in [0.15, 0.2) is 0 Å². The number of nitrogens with one attached hydrogen (secondary N) is 1. The molecule has 0 amide bonds. The van der Waals surface area contributed by atoms with Gasteiger partial charge in [0.1, 0.15) is 0 Å². The van der Waals surface area contributed by atoms with Gasteiger partial charge in [-0.2, -0.15) is 5.26 Å². The topological polar surface area (TPSA) is 73.7 Å². The standard InChI is InChI=1S/C11H17ClN2.C11H14ClN/c12-11-3-6-1-7(4-11)9(10(13)14)8(2-6)5-11;12-11-3-7-1-8(4-11)10(6-13)9(2-7)5-11/h6-9H,1-5H2,(H3,13,14);7-10H,1-5H2. The zero-order valence-corrected chi connectivity index (χ0v) is 17.5. The highest BCUT2D eigenvalue weighted by atomic mass is 35.5. The second-order valence-electron chi connectivity index (χ2n) is 10.9. The Bertz CT molecular complexity index is 654. The van der Waals surface area contributed by atoms with E-state index < -0.39 is 0 Å². The molecule has 8 aliphatic carbocycles. The van der Waals surface area contributed by atoms with Crippen molar-refractivity contribution in [3.63, 3.8) is 0 Å². The average Bonchev–Trinajstić information content (AvgIpc) is 2.51. The molecular weight excluding hydrogens is 377 g/mol. The van der Waals surface area contributed by atoms with Gasteiger partial charge >= 0.3 is 0 Å². The van der Waals surface area contributed by atoms with Crippen molar-refractivity contribution in [3.8, 4) is 6.07 Å². The lowest BCUT2D eigenvalue weighted by Crippen LogP contribution is -2.55. The first-order valence-electron chi connectivity index (χ1n) is 10.9. The van der Waals surface area contributed by atoms with Crippen LogP contribution in [0.2, 0.25) is 0 Å². The quantitative estimate of drug-likeness (QED) is 0.351. The molecule has 0 radical (unpaired) electrons. The van der Waals surface area contributed by atoms with E-state index in [4.69, 9.17) is 39.6 Å². The molecule has 8 saturated carbocycles. The van der Waals surface area contributed by atoms with E-state index in [9.17, 15) is 0 Å². The van der Waals surface area contributed by atoms with E-state index in [0.29, 0.717) is 41.3 Å². The minimum Gasteiger partial charge on any atom is -0.387 e. The lowest BCUT2D eigenvalue weighted by Gasteiger charge is -2.57. The molecule has 0 saturated heterocycles. The number of alkyl halides is 2. The largest absolute Gasteiger partial charge is 0.387 e. The van der Waals surface area contributed by atoms with Crippen LogP contribution in [0.4, 0.5) is 0 Å². The van der Waals surface area contributed by atoms with E-state index in [1.165, 1.54) is 38.5 Å². The number of nitriles is 1. The number of amidine groups is 1. The van der Waals surface area contributed by atoms with Gasteiger partial charge in [-0.1, -0.05) is 0 Å². The summed E-state index contributed by atoms with van der Waals surface area (Å²) in [4.78, 5) is 0.187. The summed E-state index contributed by atoms with van der Waals surface area (Å²) in [6.45, 7) is 0. The summed E-state index contributed by atoms with van der Waals surface area (Å²) in [5.74, 6) is 5.30. The van der Waals surface area contributed by atoms with Crippen molar-refractivity contribution in [1.29, 1.82) is 10.7 Å².